The third-order valence-electron chi connectivity index (χ3n) is 3.01. The summed E-state index contributed by atoms with van der Waals surface area (Å²) in [5.41, 5.74) is 3.45. The highest BCUT2D eigenvalue weighted by molar-refractivity contribution is 9.09. The van der Waals surface area contributed by atoms with Crippen molar-refractivity contribution in [2.24, 2.45) is 0 Å². The average molecular weight is 313 g/mol. The number of hydrogen-bond donors (Lipinski definition) is 0. The van der Waals surface area contributed by atoms with Gasteiger partial charge in [0.15, 0.2) is 0 Å². The van der Waals surface area contributed by atoms with Gasteiger partial charge in [-0.25, -0.2) is 4.68 Å². The normalized spacial score (nSPS) is 12.3. The summed E-state index contributed by atoms with van der Waals surface area (Å²) < 4.78 is 1.90. The molecule has 0 saturated carbocycles. The fourth-order valence-corrected chi connectivity index (χ4v) is 2.55. The molecule has 0 saturated heterocycles. The van der Waals surface area contributed by atoms with Crippen LogP contribution in [0.4, 0.5) is 0 Å². The second-order valence-electron chi connectivity index (χ2n) is 4.33. The molecule has 3 aromatic rings. The zero-order valence-corrected chi connectivity index (χ0v) is 11.9. The Morgan fingerprint density at radius 3 is 2.16 bits per heavy atom. The van der Waals surface area contributed by atoms with Gasteiger partial charge >= 0.3 is 0 Å². The van der Waals surface area contributed by atoms with Crippen LogP contribution in [0.3, 0.4) is 0 Å². The number of halogens is 1. The molecule has 2 aromatic carbocycles. The Morgan fingerprint density at radius 1 is 0.842 bits per heavy atom. The molecule has 1 atom stereocenters. The fourth-order valence-electron chi connectivity index (χ4n) is 2.00. The Balaban J connectivity index is 1.90. The smallest absolute Gasteiger partial charge is 0.0675 e. The molecule has 0 N–H and O–H groups in total. The maximum absolute atomic E-state index is 4.42. The highest BCUT2D eigenvalue weighted by atomic mass is 79.9. The van der Waals surface area contributed by atoms with Gasteiger partial charge in [-0.1, -0.05) is 64.5 Å². The zero-order valence-electron chi connectivity index (χ0n) is 10.3. The minimum Gasteiger partial charge on any atom is -0.241 e. The van der Waals surface area contributed by atoms with E-state index in [2.05, 4.69) is 39.4 Å². The summed E-state index contributed by atoms with van der Waals surface area (Å²) in [5, 5.41) is 4.42. The summed E-state index contributed by atoms with van der Waals surface area (Å²) in [4.78, 5) is 0.172. The van der Waals surface area contributed by atoms with Crippen molar-refractivity contribution in [1.82, 2.24) is 9.78 Å². The van der Waals surface area contributed by atoms with Gasteiger partial charge in [-0.3, -0.25) is 0 Å². The zero-order chi connectivity index (χ0) is 13.1. The number of alkyl halides is 1. The number of nitrogens with zero attached hydrogens (tertiary/aromatic N) is 2. The molecule has 0 spiro atoms. The van der Waals surface area contributed by atoms with E-state index in [0.29, 0.717) is 0 Å². The van der Waals surface area contributed by atoms with Crippen LogP contribution in [0.2, 0.25) is 0 Å². The second-order valence-corrected chi connectivity index (χ2v) is 5.24. The third-order valence-corrected chi connectivity index (χ3v) is 4.07. The Kier molecular flexibility index (Phi) is 3.47. The maximum Gasteiger partial charge on any atom is 0.0675 e. The molecule has 0 bridgehead atoms. The maximum atomic E-state index is 4.42. The van der Waals surface area contributed by atoms with E-state index in [0.717, 1.165) is 11.3 Å². The van der Waals surface area contributed by atoms with Crippen LogP contribution in [0, 0.1) is 0 Å². The standard InChI is InChI=1S/C16H13BrN2/c17-16(13-7-3-1-4-8-13)14-11-18-19(12-14)15-9-5-2-6-10-15/h1-12,16H. The fraction of sp³-hybridized carbons (Fsp3) is 0.0625. The molecule has 0 amide bonds. The van der Waals surface area contributed by atoms with Crippen LogP contribution in [-0.2, 0) is 0 Å². The molecule has 0 aliphatic rings. The van der Waals surface area contributed by atoms with Gasteiger partial charge in [0.2, 0.25) is 0 Å². The van der Waals surface area contributed by atoms with Gasteiger partial charge in [0.1, 0.15) is 0 Å². The molecule has 3 heteroatoms. The molecule has 0 aliphatic carbocycles. The Morgan fingerprint density at radius 2 is 1.47 bits per heavy atom. The Bertz CT molecular complexity index is 647. The topological polar surface area (TPSA) is 17.8 Å². The van der Waals surface area contributed by atoms with Crippen molar-refractivity contribution in [3.05, 3.63) is 84.2 Å². The third kappa shape index (κ3) is 2.61. The van der Waals surface area contributed by atoms with Gasteiger partial charge < -0.3 is 0 Å². The van der Waals surface area contributed by atoms with E-state index in [1.807, 2.05) is 59.4 Å². The van der Waals surface area contributed by atoms with Gasteiger partial charge in [0.25, 0.3) is 0 Å². The predicted molar refractivity (Wildman–Crippen MR) is 80.8 cm³/mol. The SMILES string of the molecule is BrC(c1ccccc1)c1cnn(-c2ccccc2)c1. The predicted octanol–water partition coefficient (Wildman–Crippen LogP) is 4.36. The first-order valence-corrected chi connectivity index (χ1v) is 7.05. The molecule has 0 radical (unpaired) electrons. The summed E-state index contributed by atoms with van der Waals surface area (Å²) in [7, 11) is 0. The quantitative estimate of drug-likeness (QED) is 0.657. The minimum atomic E-state index is 0.172. The van der Waals surface area contributed by atoms with Gasteiger partial charge in [-0.05, 0) is 17.7 Å². The van der Waals surface area contributed by atoms with Crippen LogP contribution < -0.4 is 0 Å². The van der Waals surface area contributed by atoms with Crippen LogP contribution in [0.5, 0.6) is 0 Å². The summed E-state index contributed by atoms with van der Waals surface area (Å²) in [5.74, 6) is 0. The first kappa shape index (κ1) is 12.2. The van der Waals surface area contributed by atoms with Crippen molar-refractivity contribution in [2.75, 3.05) is 0 Å². The van der Waals surface area contributed by atoms with Crippen LogP contribution in [-0.4, -0.2) is 9.78 Å². The van der Waals surface area contributed by atoms with E-state index in [4.69, 9.17) is 0 Å². The van der Waals surface area contributed by atoms with Crippen molar-refractivity contribution in [2.45, 2.75) is 4.83 Å². The molecule has 2 nitrogen and oxygen atoms in total. The van der Waals surface area contributed by atoms with Gasteiger partial charge in [0.05, 0.1) is 16.7 Å². The molecule has 0 fully saturated rings. The van der Waals surface area contributed by atoms with Crippen molar-refractivity contribution in [3.63, 3.8) is 0 Å². The van der Waals surface area contributed by atoms with Gasteiger partial charge in [0, 0.05) is 11.8 Å². The lowest BCUT2D eigenvalue weighted by Gasteiger charge is -2.07. The van der Waals surface area contributed by atoms with Crippen molar-refractivity contribution < 1.29 is 0 Å². The molecular formula is C16H13BrN2. The van der Waals surface area contributed by atoms with Crippen LogP contribution >= 0.6 is 15.9 Å². The summed E-state index contributed by atoms with van der Waals surface area (Å²) in [6.07, 6.45) is 3.96. The lowest BCUT2D eigenvalue weighted by atomic mass is 10.1. The molecular weight excluding hydrogens is 300 g/mol. The van der Waals surface area contributed by atoms with E-state index < -0.39 is 0 Å². The minimum absolute atomic E-state index is 0.172. The van der Waals surface area contributed by atoms with E-state index in [1.54, 1.807) is 0 Å². The molecule has 3 rings (SSSR count). The summed E-state index contributed by atoms with van der Waals surface area (Å²) >= 11 is 3.73. The number of hydrogen-bond acceptors (Lipinski definition) is 1. The molecule has 0 aliphatic heterocycles. The van der Waals surface area contributed by atoms with Crippen LogP contribution in [0.15, 0.2) is 73.1 Å². The second kappa shape index (κ2) is 5.41. The lowest BCUT2D eigenvalue weighted by molar-refractivity contribution is 0.880. The largest absolute Gasteiger partial charge is 0.241 e. The van der Waals surface area contributed by atoms with E-state index in [-0.39, 0.29) is 4.83 Å². The molecule has 1 heterocycles. The van der Waals surface area contributed by atoms with Gasteiger partial charge in [-0.2, -0.15) is 5.10 Å². The summed E-state index contributed by atoms with van der Waals surface area (Å²) in [6.45, 7) is 0. The number of para-hydroxylation sites is 1. The van der Waals surface area contributed by atoms with E-state index >= 15 is 0 Å². The highest BCUT2D eigenvalue weighted by Gasteiger charge is 2.12. The molecule has 19 heavy (non-hydrogen) atoms. The van der Waals surface area contributed by atoms with Crippen molar-refractivity contribution in [1.29, 1.82) is 0 Å². The highest BCUT2D eigenvalue weighted by Crippen LogP contribution is 2.30. The lowest BCUT2D eigenvalue weighted by Crippen LogP contribution is -1.93. The Labute approximate surface area is 120 Å². The first-order chi connectivity index (χ1) is 9.34. The number of benzene rings is 2. The first-order valence-electron chi connectivity index (χ1n) is 6.13. The van der Waals surface area contributed by atoms with Crippen LogP contribution in [0.25, 0.3) is 5.69 Å². The summed E-state index contributed by atoms with van der Waals surface area (Å²) in [6, 6.07) is 20.5. The van der Waals surface area contributed by atoms with Gasteiger partial charge in [-0.15, -0.1) is 0 Å². The monoisotopic (exact) mass is 312 g/mol. The average Bonchev–Trinajstić information content (AvgIpc) is 2.98. The molecule has 94 valence electrons. The van der Waals surface area contributed by atoms with E-state index in [1.165, 1.54) is 5.56 Å². The van der Waals surface area contributed by atoms with E-state index in [9.17, 15) is 0 Å². The number of aromatic nitrogens is 2. The van der Waals surface area contributed by atoms with Crippen LogP contribution in [0.1, 0.15) is 16.0 Å². The van der Waals surface area contributed by atoms with Crippen molar-refractivity contribution in [3.8, 4) is 5.69 Å². The molecule has 1 aromatic heterocycles. The number of rotatable bonds is 3. The Hall–Kier alpha value is -1.87. The van der Waals surface area contributed by atoms with Crippen molar-refractivity contribution >= 4 is 15.9 Å². The molecule has 1 unspecified atom stereocenters.